The summed E-state index contributed by atoms with van der Waals surface area (Å²) in [4.78, 5) is 13.4. The predicted molar refractivity (Wildman–Crippen MR) is 67.8 cm³/mol. The van der Waals surface area contributed by atoms with Crippen LogP contribution in [0.4, 0.5) is 0 Å². The Bertz CT molecular complexity index is 594. The first-order chi connectivity index (χ1) is 8.69. The molecule has 1 aromatic rings. The zero-order chi connectivity index (χ0) is 13.1. The highest BCUT2D eigenvalue weighted by Gasteiger charge is 2.23. The molecule has 0 aromatic heterocycles. The highest BCUT2D eigenvalue weighted by atomic mass is 16.5. The number of methoxy groups -OCH3 is 1. The normalized spacial score (nSPS) is 15.7. The van der Waals surface area contributed by atoms with Crippen molar-refractivity contribution in [3.05, 3.63) is 47.2 Å². The number of esters is 1. The molecule has 0 fully saturated rings. The lowest BCUT2D eigenvalue weighted by atomic mass is 9.97. The first-order valence-corrected chi connectivity index (χ1v) is 5.42. The van der Waals surface area contributed by atoms with E-state index >= 15 is 0 Å². The number of hydrogen-bond acceptors (Lipinski definition) is 4. The maximum atomic E-state index is 11.6. The second-order valence-electron chi connectivity index (χ2n) is 3.84. The molecule has 0 amide bonds. The van der Waals surface area contributed by atoms with Gasteiger partial charge in [0.15, 0.2) is 5.57 Å². The van der Waals surface area contributed by atoms with Crippen molar-refractivity contribution < 1.29 is 9.53 Å². The lowest BCUT2D eigenvalue weighted by molar-refractivity contribution is -0.135. The molecule has 90 valence electrons. The molecule has 0 saturated carbocycles. The fourth-order valence-electron chi connectivity index (χ4n) is 1.92. The molecule has 0 N–H and O–H groups in total. The first kappa shape index (κ1) is 11.9. The molecule has 4 heteroatoms. The van der Waals surface area contributed by atoms with Crippen molar-refractivity contribution in [2.24, 2.45) is 0 Å². The average Bonchev–Trinajstić information content (AvgIpc) is 2.41. The maximum Gasteiger partial charge on any atom is 0.350 e. The van der Waals surface area contributed by atoms with Crippen molar-refractivity contribution in [3.63, 3.8) is 0 Å². The second kappa shape index (κ2) is 4.76. The van der Waals surface area contributed by atoms with Gasteiger partial charge < -0.3 is 9.64 Å². The minimum atomic E-state index is -0.621. The van der Waals surface area contributed by atoms with Gasteiger partial charge in [0.25, 0.3) is 0 Å². The monoisotopic (exact) mass is 240 g/mol. The maximum absolute atomic E-state index is 11.6. The van der Waals surface area contributed by atoms with Crippen molar-refractivity contribution in [1.29, 1.82) is 5.26 Å². The van der Waals surface area contributed by atoms with Crippen molar-refractivity contribution in [2.45, 2.75) is 0 Å². The van der Waals surface area contributed by atoms with Gasteiger partial charge in [0.2, 0.25) is 0 Å². The van der Waals surface area contributed by atoms with E-state index in [1.54, 1.807) is 11.9 Å². The van der Waals surface area contributed by atoms with Gasteiger partial charge in [-0.3, -0.25) is 0 Å². The molecule has 4 nitrogen and oxygen atoms in total. The summed E-state index contributed by atoms with van der Waals surface area (Å²) < 4.78 is 4.65. The van der Waals surface area contributed by atoms with Crippen LogP contribution in [0.3, 0.4) is 0 Å². The Morgan fingerprint density at radius 1 is 1.39 bits per heavy atom. The van der Waals surface area contributed by atoms with Crippen molar-refractivity contribution in [1.82, 2.24) is 4.90 Å². The van der Waals surface area contributed by atoms with E-state index in [2.05, 4.69) is 4.74 Å². The van der Waals surface area contributed by atoms with E-state index in [0.29, 0.717) is 5.70 Å². The Kier molecular flexibility index (Phi) is 3.16. The number of nitriles is 1. The highest BCUT2D eigenvalue weighted by molar-refractivity contribution is 6.02. The van der Waals surface area contributed by atoms with Gasteiger partial charge in [-0.1, -0.05) is 24.3 Å². The molecule has 0 unspecified atom stereocenters. The largest absolute Gasteiger partial charge is 0.465 e. The number of nitrogens with zero attached hydrogens (tertiary/aromatic N) is 2. The number of carbonyl (C=O) groups excluding carboxylic acids is 1. The Balaban J connectivity index is 2.70. The van der Waals surface area contributed by atoms with Crippen LogP contribution in [0.2, 0.25) is 0 Å². The molecule has 2 rings (SSSR count). The van der Waals surface area contributed by atoms with E-state index < -0.39 is 5.97 Å². The van der Waals surface area contributed by atoms with E-state index in [0.717, 1.165) is 11.1 Å². The fraction of sp³-hybridized carbons (Fsp3) is 0.143. The van der Waals surface area contributed by atoms with Crippen LogP contribution in [-0.4, -0.2) is 25.0 Å². The van der Waals surface area contributed by atoms with Crippen LogP contribution < -0.4 is 0 Å². The van der Waals surface area contributed by atoms with E-state index in [-0.39, 0.29) is 5.57 Å². The van der Waals surface area contributed by atoms with Crippen LogP contribution in [0.5, 0.6) is 0 Å². The quantitative estimate of drug-likeness (QED) is 0.428. The highest BCUT2D eigenvalue weighted by Crippen LogP contribution is 2.30. The molecule has 0 atom stereocenters. The summed E-state index contributed by atoms with van der Waals surface area (Å²) in [6, 6.07) is 9.52. The molecule has 1 heterocycles. The molecule has 18 heavy (non-hydrogen) atoms. The molecule has 0 spiro atoms. The average molecular weight is 240 g/mol. The van der Waals surface area contributed by atoms with Crippen molar-refractivity contribution in [3.8, 4) is 6.07 Å². The van der Waals surface area contributed by atoms with E-state index in [1.807, 2.05) is 42.6 Å². The summed E-state index contributed by atoms with van der Waals surface area (Å²) in [6.45, 7) is 0. The number of carbonyl (C=O) groups is 1. The standard InChI is InChI=1S/C14H12N2O2/c1-16-8-7-10-5-3-4-6-11(10)13(16)12(9-15)14(17)18-2/h3-8H,1-2H3/b13-12+. The summed E-state index contributed by atoms with van der Waals surface area (Å²) in [7, 11) is 3.06. The van der Waals surface area contributed by atoms with Crippen LogP contribution >= 0.6 is 0 Å². The smallest absolute Gasteiger partial charge is 0.350 e. The zero-order valence-electron chi connectivity index (χ0n) is 10.2. The number of ether oxygens (including phenoxy) is 1. The summed E-state index contributed by atoms with van der Waals surface area (Å²) >= 11 is 0. The summed E-state index contributed by atoms with van der Waals surface area (Å²) in [5.74, 6) is -0.621. The van der Waals surface area contributed by atoms with Crippen LogP contribution in [-0.2, 0) is 9.53 Å². The van der Waals surface area contributed by atoms with Crippen LogP contribution in [0.25, 0.3) is 11.8 Å². The third-order valence-electron chi connectivity index (χ3n) is 2.78. The van der Waals surface area contributed by atoms with Crippen LogP contribution in [0, 0.1) is 11.3 Å². The molecule has 1 aliphatic rings. The summed E-state index contributed by atoms with van der Waals surface area (Å²) in [5.41, 5.74) is 2.41. The molecule has 1 aliphatic heterocycles. The number of fused-ring (bicyclic) bond motifs is 1. The van der Waals surface area contributed by atoms with Gasteiger partial charge in [0, 0.05) is 18.8 Å². The van der Waals surface area contributed by atoms with Gasteiger partial charge in [-0.2, -0.15) is 5.26 Å². The van der Waals surface area contributed by atoms with E-state index in [1.165, 1.54) is 7.11 Å². The lowest BCUT2D eigenvalue weighted by Crippen LogP contribution is -2.19. The minimum Gasteiger partial charge on any atom is -0.465 e. The van der Waals surface area contributed by atoms with Gasteiger partial charge in [-0.25, -0.2) is 4.79 Å². The Morgan fingerprint density at radius 2 is 2.11 bits per heavy atom. The number of benzene rings is 1. The molecule has 0 aliphatic carbocycles. The van der Waals surface area contributed by atoms with Crippen LogP contribution in [0.15, 0.2) is 36.0 Å². The van der Waals surface area contributed by atoms with Crippen molar-refractivity contribution >= 4 is 17.7 Å². The molecular formula is C14H12N2O2. The Labute approximate surface area is 105 Å². The van der Waals surface area contributed by atoms with Crippen molar-refractivity contribution in [2.75, 3.05) is 14.2 Å². The Hall–Kier alpha value is -2.54. The molecule has 0 saturated heterocycles. The second-order valence-corrected chi connectivity index (χ2v) is 3.84. The molecule has 0 bridgehead atoms. The molecule has 1 aromatic carbocycles. The summed E-state index contributed by atoms with van der Waals surface area (Å²) in [5, 5.41) is 9.16. The predicted octanol–water partition coefficient (Wildman–Crippen LogP) is 2.01. The SMILES string of the molecule is COC(=O)/C(C#N)=C1\c2ccccc2C=CN1C. The number of rotatable bonds is 1. The van der Waals surface area contributed by atoms with E-state index in [9.17, 15) is 4.79 Å². The third kappa shape index (κ3) is 1.87. The summed E-state index contributed by atoms with van der Waals surface area (Å²) in [6.07, 6.45) is 3.75. The van der Waals surface area contributed by atoms with Gasteiger partial charge in [0.1, 0.15) is 6.07 Å². The zero-order valence-corrected chi connectivity index (χ0v) is 10.2. The van der Waals surface area contributed by atoms with E-state index in [4.69, 9.17) is 5.26 Å². The topological polar surface area (TPSA) is 53.3 Å². The first-order valence-electron chi connectivity index (χ1n) is 5.42. The van der Waals surface area contributed by atoms with Crippen LogP contribution in [0.1, 0.15) is 11.1 Å². The number of hydrogen-bond donors (Lipinski definition) is 0. The van der Waals surface area contributed by atoms with Gasteiger partial charge in [0.05, 0.1) is 12.8 Å². The minimum absolute atomic E-state index is 0.0109. The fourth-order valence-corrected chi connectivity index (χ4v) is 1.92. The third-order valence-corrected chi connectivity index (χ3v) is 2.78. The Morgan fingerprint density at radius 3 is 2.78 bits per heavy atom. The molecule has 0 radical (unpaired) electrons. The molecular weight excluding hydrogens is 228 g/mol. The van der Waals surface area contributed by atoms with Gasteiger partial charge in [-0.15, -0.1) is 0 Å². The van der Waals surface area contributed by atoms with Gasteiger partial charge >= 0.3 is 5.97 Å². The lowest BCUT2D eigenvalue weighted by Gasteiger charge is -2.25. The van der Waals surface area contributed by atoms with Gasteiger partial charge in [-0.05, 0) is 11.6 Å².